The highest BCUT2D eigenvalue weighted by molar-refractivity contribution is 5.81. The molecule has 0 radical (unpaired) electrons. The molecule has 102 valence electrons. The van der Waals surface area contributed by atoms with Gasteiger partial charge in [0.15, 0.2) is 0 Å². The Bertz CT molecular complexity index is 498. The predicted molar refractivity (Wildman–Crippen MR) is 68.5 cm³/mol. The lowest BCUT2D eigenvalue weighted by atomic mass is 9.99. The molecular formula is C14H17NO4. The first-order chi connectivity index (χ1) is 9.10. The second-order valence-corrected chi connectivity index (χ2v) is 4.50. The van der Waals surface area contributed by atoms with E-state index < -0.39 is 0 Å². The second kappa shape index (κ2) is 5.73. The van der Waals surface area contributed by atoms with Crippen LogP contribution in [0, 0.1) is 0 Å². The van der Waals surface area contributed by atoms with E-state index in [-0.39, 0.29) is 30.5 Å². The van der Waals surface area contributed by atoms with Crippen LogP contribution in [-0.4, -0.2) is 35.0 Å². The average Bonchev–Trinajstić information content (AvgIpc) is 2.36. The van der Waals surface area contributed by atoms with Crippen molar-refractivity contribution < 1.29 is 19.4 Å². The molecule has 0 bridgehead atoms. The number of ether oxygens (including phenoxy) is 1. The van der Waals surface area contributed by atoms with Crippen molar-refractivity contribution in [2.75, 3.05) is 13.2 Å². The normalized spacial score (nSPS) is 14.2. The Morgan fingerprint density at radius 1 is 1.42 bits per heavy atom. The third kappa shape index (κ3) is 3.24. The summed E-state index contributed by atoms with van der Waals surface area (Å²) in [5, 5.41) is 9.39. The summed E-state index contributed by atoms with van der Waals surface area (Å²) in [6.07, 6.45) is 0.486. The van der Waals surface area contributed by atoms with Crippen LogP contribution in [0.15, 0.2) is 18.2 Å². The van der Waals surface area contributed by atoms with Crippen molar-refractivity contribution in [3.63, 3.8) is 0 Å². The molecule has 5 heteroatoms. The van der Waals surface area contributed by atoms with E-state index in [1.807, 2.05) is 6.07 Å². The Labute approximate surface area is 111 Å². The topological polar surface area (TPSA) is 66.8 Å². The van der Waals surface area contributed by atoms with Crippen molar-refractivity contribution in [2.45, 2.75) is 26.3 Å². The summed E-state index contributed by atoms with van der Waals surface area (Å²) in [4.78, 5) is 24.9. The maximum atomic E-state index is 11.9. The molecule has 1 N–H and O–H groups in total. The highest BCUT2D eigenvalue weighted by Gasteiger charge is 2.23. The number of fused-ring (bicyclic) bond motifs is 1. The number of hydrogen-bond donors (Lipinski definition) is 1. The quantitative estimate of drug-likeness (QED) is 0.830. The summed E-state index contributed by atoms with van der Waals surface area (Å²) in [6, 6.07) is 5.04. The number of nitrogens with zero attached hydrogens (tertiary/aromatic N) is 1. The first-order valence-corrected chi connectivity index (χ1v) is 6.34. The summed E-state index contributed by atoms with van der Waals surface area (Å²) in [6.45, 7) is 2.97. The van der Waals surface area contributed by atoms with Gasteiger partial charge in [0.2, 0.25) is 5.91 Å². The van der Waals surface area contributed by atoms with Crippen LogP contribution in [0.4, 0.5) is 0 Å². The number of rotatable bonds is 4. The number of hydrogen-bond acceptors (Lipinski definition) is 4. The lowest BCUT2D eigenvalue weighted by molar-refractivity contribution is -0.144. The summed E-state index contributed by atoms with van der Waals surface area (Å²) < 4.78 is 4.84. The highest BCUT2D eigenvalue weighted by atomic mass is 16.5. The Balaban J connectivity index is 1.99. The minimum absolute atomic E-state index is 0.0256. The van der Waals surface area contributed by atoms with E-state index in [4.69, 9.17) is 4.74 Å². The van der Waals surface area contributed by atoms with Gasteiger partial charge in [-0.3, -0.25) is 9.59 Å². The van der Waals surface area contributed by atoms with E-state index in [1.54, 1.807) is 24.0 Å². The zero-order chi connectivity index (χ0) is 13.8. The summed E-state index contributed by atoms with van der Waals surface area (Å²) in [7, 11) is 0. The molecule has 1 aliphatic rings. The molecule has 0 fully saturated rings. The van der Waals surface area contributed by atoms with Gasteiger partial charge in [-0.1, -0.05) is 6.07 Å². The maximum absolute atomic E-state index is 11.9. The van der Waals surface area contributed by atoms with E-state index in [0.29, 0.717) is 19.7 Å². The predicted octanol–water partition coefficient (Wildman–Crippen LogP) is 1.23. The molecule has 0 spiro atoms. The average molecular weight is 263 g/mol. The molecule has 0 saturated carbocycles. The van der Waals surface area contributed by atoms with Gasteiger partial charge in [0.25, 0.3) is 0 Å². The molecule has 0 aromatic heterocycles. The summed E-state index contributed by atoms with van der Waals surface area (Å²) in [5.41, 5.74) is 1.87. The standard InChI is InChI=1S/C14H17NO4/c1-2-19-14(18)5-6-15-9-10-3-4-12(16)7-11(10)8-13(15)17/h3-4,7,16H,2,5-6,8-9H2,1H3. The van der Waals surface area contributed by atoms with Crippen LogP contribution >= 0.6 is 0 Å². The molecule has 1 amide bonds. The van der Waals surface area contributed by atoms with Gasteiger partial charge in [-0.15, -0.1) is 0 Å². The lowest BCUT2D eigenvalue weighted by Crippen LogP contribution is -2.37. The summed E-state index contributed by atoms with van der Waals surface area (Å²) in [5.74, 6) is -0.138. The monoisotopic (exact) mass is 263 g/mol. The molecule has 0 atom stereocenters. The fourth-order valence-electron chi connectivity index (χ4n) is 2.16. The Morgan fingerprint density at radius 3 is 2.95 bits per heavy atom. The fraction of sp³-hybridized carbons (Fsp3) is 0.429. The van der Waals surface area contributed by atoms with E-state index in [2.05, 4.69) is 0 Å². The minimum atomic E-state index is -0.285. The number of aromatic hydroxyl groups is 1. The summed E-state index contributed by atoms with van der Waals surface area (Å²) >= 11 is 0. The molecule has 19 heavy (non-hydrogen) atoms. The number of amides is 1. The molecule has 1 aromatic carbocycles. The second-order valence-electron chi connectivity index (χ2n) is 4.50. The van der Waals surface area contributed by atoms with E-state index >= 15 is 0 Å². The zero-order valence-electron chi connectivity index (χ0n) is 10.9. The number of phenols is 1. The van der Waals surface area contributed by atoms with Crippen LogP contribution in [-0.2, 0) is 27.3 Å². The van der Waals surface area contributed by atoms with E-state index in [0.717, 1.165) is 11.1 Å². The van der Waals surface area contributed by atoms with Gasteiger partial charge in [-0.05, 0) is 30.2 Å². The number of esters is 1. The van der Waals surface area contributed by atoms with Crippen molar-refractivity contribution in [1.82, 2.24) is 4.90 Å². The van der Waals surface area contributed by atoms with Crippen LogP contribution < -0.4 is 0 Å². The van der Waals surface area contributed by atoms with Crippen LogP contribution in [0.2, 0.25) is 0 Å². The molecule has 1 aliphatic heterocycles. The highest BCUT2D eigenvalue weighted by Crippen LogP contribution is 2.23. The van der Waals surface area contributed by atoms with Gasteiger partial charge in [0.05, 0.1) is 19.4 Å². The molecule has 1 aromatic rings. The van der Waals surface area contributed by atoms with Gasteiger partial charge >= 0.3 is 5.97 Å². The molecular weight excluding hydrogens is 246 g/mol. The van der Waals surface area contributed by atoms with Crippen molar-refractivity contribution in [2.24, 2.45) is 0 Å². The van der Waals surface area contributed by atoms with Gasteiger partial charge in [-0.2, -0.15) is 0 Å². The lowest BCUT2D eigenvalue weighted by Gasteiger charge is -2.28. The molecule has 0 aliphatic carbocycles. The van der Waals surface area contributed by atoms with Gasteiger partial charge < -0.3 is 14.7 Å². The van der Waals surface area contributed by atoms with Gasteiger partial charge in [-0.25, -0.2) is 0 Å². The molecule has 5 nitrogen and oxygen atoms in total. The van der Waals surface area contributed by atoms with Gasteiger partial charge in [0, 0.05) is 13.1 Å². The minimum Gasteiger partial charge on any atom is -0.508 e. The SMILES string of the molecule is CCOC(=O)CCN1Cc2ccc(O)cc2CC1=O. The van der Waals surface area contributed by atoms with Crippen molar-refractivity contribution >= 4 is 11.9 Å². The van der Waals surface area contributed by atoms with Crippen LogP contribution in [0.25, 0.3) is 0 Å². The van der Waals surface area contributed by atoms with Crippen LogP contribution in [0.5, 0.6) is 5.75 Å². The third-order valence-corrected chi connectivity index (χ3v) is 3.14. The molecule has 1 heterocycles. The smallest absolute Gasteiger partial charge is 0.307 e. The Morgan fingerprint density at radius 2 is 2.21 bits per heavy atom. The number of phenolic OH excluding ortho intramolecular Hbond substituents is 1. The van der Waals surface area contributed by atoms with Crippen molar-refractivity contribution in [1.29, 1.82) is 0 Å². The fourth-order valence-corrected chi connectivity index (χ4v) is 2.16. The number of benzene rings is 1. The third-order valence-electron chi connectivity index (χ3n) is 3.14. The zero-order valence-corrected chi connectivity index (χ0v) is 10.9. The van der Waals surface area contributed by atoms with E-state index in [9.17, 15) is 14.7 Å². The maximum Gasteiger partial charge on any atom is 0.307 e. The van der Waals surface area contributed by atoms with E-state index in [1.165, 1.54) is 0 Å². The van der Waals surface area contributed by atoms with Gasteiger partial charge in [0.1, 0.15) is 5.75 Å². The largest absolute Gasteiger partial charge is 0.508 e. The Hall–Kier alpha value is -2.04. The Kier molecular flexibility index (Phi) is 4.04. The number of carbonyl (C=O) groups is 2. The number of carbonyl (C=O) groups excluding carboxylic acids is 2. The van der Waals surface area contributed by atoms with Crippen LogP contribution in [0.3, 0.4) is 0 Å². The first kappa shape index (κ1) is 13.4. The molecule has 0 unspecified atom stereocenters. The van der Waals surface area contributed by atoms with Crippen LogP contribution in [0.1, 0.15) is 24.5 Å². The first-order valence-electron chi connectivity index (χ1n) is 6.34. The molecule has 2 rings (SSSR count). The van der Waals surface area contributed by atoms with Crippen molar-refractivity contribution in [3.05, 3.63) is 29.3 Å². The molecule has 0 saturated heterocycles. The van der Waals surface area contributed by atoms with Crippen molar-refractivity contribution in [3.8, 4) is 5.75 Å².